The van der Waals surface area contributed by atoms with Gasteiger partial charge in [-0.2, -0.15) is 0 Å². The fraction of sp³-hybridized carbons (Fsp3) is 0.286. The third kappa shape index (κ3) is 5.25. The van der Waals surface area contributed by atoms with Gasteiger partial charge in [-0.25, -0.2) is 0 Å². The molecule has 1 N–H and O–H groups in total. The zero-order valence-electron chi connectivity index (χ0n) is 16.2. The van der Waals surface area contributed by atoms with Gasteiger partial charge in [-0.05, 0) is 31.5 Å². The number of Topliss-reactive ketones (excluding diaryl/α,β-unsaturated/α-hetero) is 1. The number of hydrogen-bond donors (Lipinski definition) is 1. The summed E-state index contributed by atoms with van der Waals surface area (Å²) in [6.07, 6.45) is 0.00430. The number of esters is 1. The first kappa shape index (κ1) is 20.2. The Morgan fingerprint density at radius 2 is 1.83 bits per heavy atom. The number of hydrogen-bond acceptors (Lipinski definition) is 7. The Labute approximate surface area is 167 Å². The van der Waals surface area contributed by atoms with Gasteiger partial charge in [0.25, 0.3) is 5.91 Å². The maximum Gasteiger partial charge on any atom is 0.309 e. The zero-order valence-corrected chi connectivity index (χ0v) is 16.2. The van der Waals surface area contributed by atoms with E-state index in [4.69, 9.17) is 18.9 Å². The molecule has 0 saturated carbocycles. The second kappa shape index (κ2) is 9.09. The molecule has 0 spiro atoms. The number of nitrogens with one attached hydrogen (secondary N) is 1. The Bertz CT molecular complexity index is 939. The number of amides is 1. The van der Waals surface area contributed by atoms with Crippen LogP contribution >= 0.6 is 0 Å². The Kier molecular flexibility index (Phi) is 6.33. The molecule has 1 amide bonds. The molecular weight excluding hydrogens is 378 g/mol. The van der Waals surface area contributed by atoms with E-state index < -0.39 is 18.5 Å². The van der Waals surface area contributed by atoms with Crippen molar-refractivity contribution in [1.29, 1.82) is 0 Å². The Balaban J connectivity index is 1.48. The molecule has 1 heterocycles. The van der Waals surface area contributed by atoms with Gasteiger partial charge < -0.3 is 24.3 Å². The monoisotopic (exact) mass is 399 g/mol. The molecule has 0 unspecified atom stereocenters. The van der Waals surface area contributed by atoms with Crippen LogP contribution in [0.5, 0.6) is 17.2 Å². The van der Waals surface area contributed by atoms with Crippen molar-refractivity contribution in [3.05, 3.63) is 47.5 Å². The van der Waals surface area contributed by atoms with Crippen molar-refractivity contribution in [3.63, 3.8) is 0 Å². The van der Waals surface area contributed by atoms with E-state index in [1.54, 1.807) is 0 Å². The first-order chi connectivity index (χ1) is 13.9. The Morgan fingerprint density at radius 3 is 2.55 bits per heavy atom. The quantitative estimate of drug-likeness (QED) is 0.538. The minimum absolute atomic E-state index is 0.00430. The number of carbonyl (C=O) groups excluding carboxylic acids is 3. The number of carbonyl (C=O) groups is 3. The van der Waals surface area contributed by atoms with E-state index in [1.165, 1.54) is 19.1 Å². The number of ketones is 1. The largest absolute Gasteiger partial charge is 0.493 e. The third-order valence-corrected chi connectivity index (χ3v) is 4.19. The van der Waals surface area contributed by atoms with Crippen LogP contribution < -0.4 is 19.5 Å². The molecule has 0 bridgehead atoms. The summed E-state index contributed by atoms with van der Waals surface area (Å²) in [5, 5.41) is 2.56. The molecule has 1 aliphatic heterocycles. The summed E-state index contributed by atoms with van der Waals surface area (Å²) in [4.78, 5) is 35.8. The van der Waals surface area contributed by atoms with Crippen LogP contribution in [0.3, 0.4) is 0 Å². The van der Waals surface area contributed by atoms with Crippen molar-refractivity contribution < 1.29 is 33.3 Å². The summed E-state index contributed by atoms with van der Waals surface area (Å²) in [7, 11) is 0. The molecule has 0 radical (unpaired) electrons. The highest BCUT2D eigenvalue weighted by molar-refractivity contribution is 6.05. The second-order valence-electron chi connectivity index (χ2n) is 6.38. The van der Waals surface area contributed by atoms with Gasteiger partial charge in [-0.1, -0.05) is 18.2 Å². The molecule has 0 fully saturated rings. The van der Waals surface area contributed by atoms with Crippen LogP contribution in [0, 0.1) is 6.92 Å². The van der Waals surface area contributed by atoms with E-state index in [-0.39, 0.29) is 36.9 Å². The fourth-order valence-electron chi connectivity index (χ4n) is 2.70. The number of ether oxygens (including phenoxy) is 4. The lowest BCUT2D eigenvalue weighted by atomic mass is 10.1. The summed E-state index contributed by atoms with van der Waals surface area (Å²) in [6.45, 7) is 2.99. The van der Waals surface area contributed by atoms with E-state index in [0.29, 0.717) is 17.2 Å². The van der Waals surface area contributed by atoms with Crippen LogP contribution in [0.15, 0.2) is 36.4 Å². The summed E-state index contributed by atoms with van der Waals surface area (Å²) in [5.41, 5.74) is 1.51. The molecule has 0 aromatic heterocycles. The molecule has 0 saturated heterocycles. The smallest absolute Gasteiger partial charge is 0.309 e. The van der Waals surface area contributed by atoms with E-state index in [9.17, 15) is 14.4 Å². The van der Waals surface area contributed by atoms with Crippen molar-refractivity contribution in [1.82, 2.24) is 0 Å². The van der Waals surface area contributed by atoms with Gasteiger partial charge in [0.1, 0.15) is 5.75 Å². The topological polar surface area (TPSA) is 100 Å². The summed E-state index contributed by atoms with van der Waals surface area (Å²) in [5.74, 6) is 0.177. The highest BCUT2D eigenvalue weighted by Crippen LogP contribution is 2.37. The summed E-state index contributed by atoms with van der Waals surface area (Å²) in [6, 6.07) is 10.5. The average molecular weight is 399 g/mol. The lowest BCUT2D eigenvalue weighted by Crippen LogP contribution is -2.22. The van der Waals surface area contributed by atoms with Crippen LogP contribution in [-0.2, 0) is 14.3 Å². The molecule has 29 heavy (non-hydrogen) atoms. The fourth-order valence-corrected chi connectivity index (χ4v) is 2.70. The molecular formula is C21H21NO7. The molecule has 2 aromatic rings. The lowest BCUT2D eigenvalue weighted by molar-refractivity contribution is -0.147. The second-order valence-corrected chi connectivity index (χ2v) is 6.38. The standard InChI is InChI=1S/C21H21NO7/c1-13-5-3-4-6-17(13)26-8-7-21(25)27-11-20(24)22-16-10-19-18(28-12-29-19)9-15(16)14(2)23/h3-6,9-10H,7-8,11-12H2,1-2H3,(H,22,24). The molecule has 1 aliphatic rings. The number of aryl methyl sites for hydroxylation is 1. The molecule has 8 heteroatoms. The first-order valence-corrected chi connectivity index (χ1v) is 9.02. The van der Waals surface area contributed by atoms with Gasteiger partial charge in [0.05, 0.1) is 18.7 Å². The lowest BCUT2D eigenvalue weighted by Gasteiger charge is -2.11. The predicted octanol–water partition coefficient (Wildman–Crippen LogP) is 2.88. The third-order valence-electron chi connectivity index (χ3n) is 4.19. The highest BCUT2D eigenvalue weighted by Gasteiger charge is 2.20. The van der Waals surface area contributed by atoms with E-state index >= 15 is 0 Å². The molecule has 3 rings (SSSR count). The van der Waals surface area contributed by atoms with Crippen LogP contribution in [0.1, 0.15) is 29.3 Å². The Morgan fingerprint density at radius 1 is 1.10 bits per heavy atom. The zero-order chi connectivity index (χ0) is 20.8. The normalized spacial score (nSPS) is 11.7. The maximum atomic E-state index is 12.1. The van der Waals surface area contributed by atoms with Crippen LogP contribution in [0.25, 0.3) is 0 Å². The molecule has 0 atom stereocenters. The van der Waals surface area contributed by atoms with Gasteiger partial charge in [-0.3, -0.25) is 14.4 Å². The van der Waals surface area contributed by atoms with Gasteiger partial charge in [0.2, 0.25) is 6.79 Å². The Hall–Kier alpha value is -3.55. The van der Waals surface area contributed by atoms with Crippen LogP contribution in [-0.4, -0.2) is 37.7 Å². The van der Waals surface area contributed by atoms with Crippen LogP contribution in [0.2, 0.25) is 0 Å². The van der Waals surface area contributed by atoms with Crippen molar-refractivity contribution in [2.45, 2.75) is 20.3 Å². The van der Waals surface area contributed by atoms with Crippen molar-refractivity contribution in [3.8, 4) is 17.2 Å². The average Bonchev–Trinajstić information content (AvgIpc) is 3.14. The van der Waals surface area contributed by atoms with Crippen molar-refractivity contribution in [2.75, 3.05) is 25.3 Å². The van der Waals surface area contributed by atoms with E-state index in [1.807, 2.05) is 31.2 Å². The molecule has 8 nitrogen and oxygen atoms in total. The molecule has 2 aromatic carbocycles. The minimum atomic E-state index is -0.570. The number of anilines is 1. The highest BCUT2D eigenvalue weighted by atomic mass is 16.7. The summed E-state index contributed by atoms with van der Waals surface area (Å²) < 4.78 is 21.0. The van der Waals surface area contributed by atoms with Crippen molar-refractivity contribution in [2.24, 2.45) is 0 Å². The minimum Gasteiger partial charge on any atom is -0.493 e. The van der Waals surface area contributed by atoms with E-state index in [2.05, 4.69) is 5.32 Å². The van der Waals surface area contributed by atoms with Gasteiger partial charge in [0, 0.05) is 11.6 Å². The maximum absolute atomic E-state index is 12.1. The first-order valence-electron chi connectivity index (χ1n) is 9.02. The van der Waals surface area contributed by atoms with Gasteiger partial charge >= 0.3 is 5.97 Å². The number of rotatable bonds is 8. The van der Waals surface area contributed by atoms with Gasteiger partial charge in [0.15, 0.2) is 23.9 Å². The molecule has 0 aliphatic carbocycles. The molecule has 152 valence electrons. The van der Waals surface area contributed by atoms with Crippen molar-refractivity contribution >= 4 is 23.3 Å². The number of para-hydroxylation sites is 1. The van der Waals surface area contributed by atoms with E-state index in [0.717, 1.165) is 5.56 Å². The SMILES string of the molecule is CC(=O)c1cc2c(cc1NC(=O)COC(=O)CCOc1ccccc1C)OCO2. The van der Waals surface area contributed by atoms with Gasteiger partial charge in [-0.15, -0.1) is 0 Å². The number of fused-ring (bicyclic) bond motifs is 1. The number of benzene rings is 2. The summed E-state index contributed by atoms with van der Waals surface area (Å²) >= 11 is 0. The van der Waals surface area contributed by atoms with Crippen LogP contribution in [0.4, 0.5) is 5.69 Å². The predicted molar refractivity (Wildman–Crippen MR) is 103 cm³/mol.